The van der Waals surface area contributed by atoms with Crippen LogP contribution in [0.1, 0.15) is 65.5 Å². The van der Waals surface area contributed by atoms with E-state index in [2.05, 4.69) is 45.2 Å². The van der Waals surface area contributed by atoms with Crippen LogP contribution in [0.3, 0.4) is 0 Å². The number of carbonyl (C=O) groups is 1. The lowest BCUT2D eigenvalue weighted by Crippen LogP contribution is -2.23. The van der Waals surface area contributed by atoms with Gasteiger partial charge in [0.25, 0.3) is 0 Å². The fraction of sp³-hybridized carbons (Fsp3) is 0.414. The topological polar surface area (TPSA) is 29.1 Å². The van der Waals surface area contributed by atoms with Gasteiger partial charge < -0.3 is 5.32 Å². The van der Waals surface area contributed by atoms with Gasteiger partial charge in [-0.3, -0.25) is 4.79 Å². The average molecular weight is 472 g/mol. The minimum absolute atomic E-state index is 0.165. The highest BCUT2D eigenvalue weighted by molar-refractivity contribution is 5.88. The second kappa shape index (κ2) is 11.5. The summed E-state index contributed by atoms with van der Waals surface area (Å²) in [4.78, 5) is 12.1. The fourth-order valence-electron chi connectivity index (χ4n) is 4.01. The summed E-state index contributed by atoms with van der Waals surface area (Å²) in [6.07, 6.45) is 9.67. The van der Waals surface area contributed by atoms with Gasteiger partial charge in [-0.15, -0.1) is 0 Å². The van der Waals surface area contributed by atoms with E-state index >= 15 is 0 Å². The van der Waals surface area contributed by atoms with Gasteiger partial charge in [0.15, 0.2) is 0 Å². The van der Waals surface area contributed by atoms with Crippen LogP contribution in [-0.4, -0.2) is 5.91 Å². The molecule has 0 spiro atoms. The molecule has 0 aromatic heterocycles. The summed E-state index contributed by atoms with van der Waals surface area (Å²) in [6, 6.07) is 4.77. The smallest absolute Gasteiger partial charge is 0.348 e. The Labute approximate surface area is 202 Å². The van der Waals surface area contributed by atoms with Crippen LogP contribution in [-0.2, 0) is 17.5 Å². The van der Waals surface area contributed by atoms with Crippen molar-refractivity contribution in [2.45, 2.75) is 67.1 Å². The van der Waals surface area contributed by atoms with Crippen molar-refractivity contribution in [1.29, 1.82) is 0 Å². The Morgan fingerprint density at radius 2 is 1.76 bits per heavy atom. The van der Waals surface area contributed by atoms with E-state index in [1.807, 2.05) is 32.1 Å². The van der Waals surface area contributed by atoms with Crippen molar-refractivity contribution in [3.05, 3.63) is 94.1 Å². The van der Waals surface area contributed by atoms with Crippen LogP contribution in [0.25, 0.3) is 0 Å². The molecule has 1 aliphatic carbocycles. The molecule has 1 amide bonds. The van der Waals surface area contributed by atoms with Gasteiger partial charge in [-0.1, -0.05) is 74.4 Å². The van der Waals surface area contributed by atoms with Crippen molar-refractivity contribution in [1.82, 2.24) is 5.32 Å². The molecule has 0 fully saturated rings. The number of halogens is 3. The third kappa shape index (κ3) is 8.19. The summed E-state index contributed by atoms with van der Waals surface area (Å²) in [5, 5.41) is 2.70. The Morgan fingerprint density at radius 3 is 2.38 bits per heavy atom. The number of alkyl halides is 3. The number of nitrogens with one attached hydrogen (secondary N) is 1. The first-order chi connectivity index (χ1) is 15.8. The fourth-order valence-corrected chi connectivity index (χ4v) is 4.01. The zero-order valence-electron chi connectivity index (χ0n) is 21.0. The third-order valence-corrected chi connectivity index (χ3v) is 6.43. The van der Waals surface area contributed by atoms with Crippen LogP contribution in [0.15, 0.2) is 83.0 Å². The highest BCUT2D eigenvalue weighted by Crippen LogP contribution is 2.43. The van der Waals surface area contributed by atoms with Crippen LogP contribution in [0.4, 0.5) is 13.2 Å². The predicted molar refractivity (Wildman–Crippen MR) is 134 cm³/mol. The molecule has 0 saturated carbocycles. The minimum atomic E-state index is -4.36. The molecule has 0 saturated heterocycles. The molecule has 2 nitrogen and oxygen atoms in total. The Morgan fingerprint density at radius 1 is 1.12 bits per heavy atom. The van der Waals surface area contributed by atoms with Crippen molar-refractivity contribution < 1.29 is 18.0 Å². The van der Waals surface area contributed by atoms with E-state index in [0.29, 0.717) is 11.5 Å². The predicted octanol–water partition coefficient (Wildman–Crippen LogP) is 8.10. The van der Waals surface area contributed by atoms with Crippen LogP contribution >= 0.6 is 0 Å². The van der Waals surface area contributed by atoms with Gasteiger partial charge in [0.05, 0.1) is 5.56 Å². The molecule has 1 aliphatic rings. The van der Waals surface area contributed by atoms with Crippen LogP contribution in [0.5, 0.6) is 0 Å². The summed E-state index contributed by atoms with van der Waals surface area (Å²) in [5.74, 6) is 0.328. The summed E-state index contributed by atoms with van der Waals surface area (Å²) in [6.45, 7) is 13.2. The van der Waals surface area contributed by atoms with Crippen LogP contribution in [0.2, 0.25) is 0 Å². The van der Waals surface area contributed by atoms with Gasteiger partial charge in [-0.05, 0) is 73.8 Å². The lowest BCUT2D eigenvalue weighted by Gasteiger charge is -2.36. The van der Waals surface area contributed by atoms with E-state index in [4.69, 9.17) is 0 Å². The third-order valence-electron chi connectivity index (χ3n) is 6.43. The van der Waals surface area contributed by atoms with Crippen LogP contribution < -0.4 is 5.32 Å². The van der Waals surface area contributed by atoms with Gasteiger partial charge in [-0.2, -0.15) is 13.2 Å². The molecule has 1 N–H and O–H groups in total. The Kier molecular flexibility index (Phi) is 9.31. The van der Waals surface area contributed by atoms with Crippen molar-refractivity contribution >= 4 is 5.91 Å². The van der Waals surface area contributed by atoms with Gasteiger partial charge >= 0.3 is 6.18 Å². The molecule has 1 unspecified atom stereocenters. The van der Waals surface area contributed by atoms with Gasteiger partial charge in [0, 0.05) is 12.6 Å². The largest absolute Gasteiger partial charge is 0.416 e. The molecule has 1 aromatic rings. The summed E-state index contributed by atoms with van der Waals surface area (Å²) >= 11 is 0. The second-order valence-corrected chi connectivity index (χ2v) is 9.82. The number of hydrogen-bond donors (Lipinski definition) is 1. The number of benzene rings is 1. The van der Waals surface area contributed by atoms with E-state index in [1.165, 1.54) is 42.2 Å². The Bertz CT molecular complexity index is 1020. The first-order valence-electron chi connectivity index (χ1n) is 11.7. The van der Waals surface area contributed by atoms with Crippen molar-refractivity contribution in [3.63, 3.8) is 0 Å². The summed E-state index contributed by atoms with van der Waals surface area (Å²) in [7, 11) is 0. The van der Waals surface area contributed by atoms with E-state index in [0.717, 1.165) is 23.3 Å². The molecule has 0 heterocycles. The van der Waals surface area contributed by atoms with Crippen molar-refractivity contribution in [2.24, 2.45) is 11.3 Å². The van der Waals surface area contributed by atoms with Gasteiger partial charge in [-0.25, -0.2) is 0 Å². The van der Waals surface area contributed by atoms with Gasteiger partial charge in [0.1, 0.15) is 0 Å². The maximum atomic E-state index is 12.6. The normalized spacial score (nSPS) is 19.9. The maximum Gasteiger partial charge on any atom is 0.416 e. The zero-order valence-corrected chi connectivity index (χ0v) is 21.0. The highest BCUT2D eigenvalue weighted by Gasteiger charge is 2.30. The molecule has 1 atom stereocenters. The number of amides is 1. The summed E-state index contributed by atoms with van der Waals surface area (Å²) in [5.41, 5.74) is 4.88. The lowest BCUT2D eigenvalue weighted by atomic mass is 9.69. The van der Waals surface area contributed by atoms with E-state index in [-0.39, 0.29) is 17.9 Å². The lowest BCUT2D eigenvalue weighted by molar-refractivity contribution is -0.137. The first-order valence-corrected chi connectivity index (χ1v) is 11.7. The van der Waals surface area contributed by atoms with E-state index in [9.17, 15) is 18.0 Å². The molecular formula is C29H36F3NO. The molecule has 184 valence electrons. The first kappa shape index (κ1) is 27.4. The maximum absolute atomic E-state index is 12.6. The number of hydrogen-bond acceptors (Lipinski definition) is 1. The molecular weight excluding hydrogens is 435 g/mol. The Hall–Kier alpha value is -2.82. The monoisotopic (exact) mass is 471 g/mol. The number of allylic oxidation sites excluding steroid dienone is 9. The molecule has 1 aromatic carbocycles. The Balaban J connectivity index is 1.92. The number of rotatable bonds is 7. The quantitative estimate of drug-likeness (QED) is 0.316. The molecule has 0 radical (unpaired) electrons. The zero-order chi connectivity index (χ0) is 25.5. The van der Waals surface area contributed by atoms with Crippen molar-refractivity contribution in [2.75, 3.05) is 0 Å². The molecule has 2 rings (SSSR count). The van der Waals surface area contributed by atoms with E-state index < -0.39 is 11.7 Å². The number of carbonyl (C=O) groups excluding carboxylic acids is 1. The van der Waals surface area contributed by atoms with Gasteiger partial charge in [0.2, 0.25) is 5.91 Å². The van der Waals surface area contributed by atoms with E-state index in [1.54, 1.807) is 0 Å². The second-order valence-electron chi connectivity index (χ2n) is 9.82. The molecule has 5 heteroatoms. The summed E-state index contributed by atoms with van der Waals surface area (Å²) < 4.78 is 37.9. The molecule has 0 bridgehead atoms. The molecule has 0 aliphatic heterocycles. The highest BCUT2D eigenvalue weighted by atomic mass is 19.4. The molecule has 34 heavy (non-hydrogen) atoms. The average Bonchev–Trinajstić information content (AvgIpc) is 2.74. The van der Waals surface area contributed by atoms with Crippen molar-refractivity contribution in [3.8, 4) is 0 Å². The standard InChI is InChI=1S/C29H36F3NO/c1-20(10-15-26-23(4)22(3)16-17-28(26,5)6)8-7-9-21(2)18-27(34)33-19-24-11-13-25(14-12-24)29(30,31)32/h7-15,18,22H,16-17,19H2,1-6H3,(H,33,34)/b9-7+,15-10+,20-8+,21-18-. The van der Waals surface area contributed by atoms with Crippen LogP contribution in [0, 0.1) is 11.3 Å². The SMILES string of the molecule is CC1=C(/C=C/C(C)=C/C=C/C(C)=C\C(=O)NCc2ccc(C(F)(F)F)cc2)C(C)(C)CCC1C. The minimum Gasteiger partial charge on any atom is -0.348 e.